The van der Waals surface area contributed by atoms with Crippen molar-refractivity contribution in [2.24, 2.45) is 5.41 Å². The Balaban J connectivity index is 0.837. The molecular weight excluding hydrogens is 654 g/mol. The zero-order valence-corrected chi connectivity index (χ0v) is 30.3. The smallest absolute Gasteiger partial charge is 0.270 e. The summed E-state index contributed by atoms with van der Waals surface area (Å²) in [4.78, 5) is 57.7. The molecule has 52 heavy (non-hydrogen) atoms. The molecule has 2 N–H and O–H groups in total. The Labute approximate surface area is 305 Å². The molecule has 4 aromatic rings. The lowest BCUT2D eigenvalue weighted by Gasteiger charge is -2.47. The van der Waals surface area contributed by atoms with Crippen molar-refractivity contribution >= 4 is 46.2 Å². The number of rotatable bonds is 8. The molecule has 1 aliphatic carbocycles. The highest BCUT2D eigenvalue weighted by molar-refractivity contribution is 6.01. The van der Waals surface area contributed by atoms with Gasteiger partial charge in [-0.15, -0.1) is 0 Å². The molecule has 272 valence electrons. The van der Waals surface area contributed by atoms with Crippen molar-refractivity contribution in [3.8, 4) is 0 Å². The average Bonchev–Trinajstić information content (AvgIpc) is 3.82. The Morgan fingerprint density at radius 3 is 2.33 bits per heavy atom. The maximum atomic E-state index is 13.1. The first-order valence-electron chi connectivity index (χ1n) is 19.0. The molecule has 0 radical (unpaired) electrons. The van der Waals surface area contributed by atoms with Crippen LogP contribution in [0.1, 0.15) is 97.8 Å². The minimum Gasteiger partial charge on any atom is -0.371 e. The number of likely N-dealkylation sites (tertiary alicyclic amines) is 1. The average molecular weight is 704 g/mol. The summed E-state index contributed by atoms with van der Waals surface area (Å²) in [7, 11) is 3.58. The zero-order chi connectivity index (χ0) is 35.8. The number of piperidine rings is 3. The Morgan fingerprint density at radius 2 is 1.65 bits per heavy atom. The summed E-state index contributed by atoms with van der Waals surface area (Å²) in [5.41, 5.74) is 5.26. The van der Waals surface area contributed by atoms with Gasteiger partial charge in [0.25, 0.3) is 5.91 Å². The quantitative estimate of drug-likeness (QED) is 0.219. The van der Waals surface area contributed by atoms with Crippen LogP contribution < -0.4 is 15.5 Å². The van der Waals surface area contributed by atoms with E-state index in [0.717, 1.165) is 75.0 Å². The summed E-state index contributed by atoms with van der Waals surface area (Å²) in [6.07, 6.45) is 14.0. The van der Waals surface area contributed by atoms with Gasteiger partial charge in [0.1, 0.15) is 17.2 Å². The van der Waals surface area contributed by atoms with Crippen molar-refractivity contribution in [1.82, 2.24) is 34.6 Å². The van der Waals surface area contributed by atoms with Crippen molar-refractivity contribution < 1.29 is 14.4 Å². The van der Waals surface area contributed by atoms with Crippen LogP contribution in [-0.4, -0.2) is 87.3 Å². The number of amides is 3. The summed E-state index contributed by atoms with van der Waals surface area (Å²) in [5, 5.41) is 6.64. The molecule has 12 heteroatoms. The second-order valence-corrected chi connectivity index (χ2v) is 15.5. The Bertz CT molecular complexity index is 1930. The third-order valence-electron chi connectivity index (χ3n) is 12.0. The van der Waals surface area contributed by atoms with Gasteiger partial charge in [0, 0.05) is 69.7 Å². The molecule has 3 saturated heterocycles. The minimum absolute atomic E-state index is 0.0151. The van der Waals surface area contributed by atoms with E-state index < -0.39 is 0 Å². The number of pyridine rings is 1. The summed E-state index contributed by atoms with van der Waals surface area (Å²) >= 11 is 0. The molecule has 8 rings (SSSR count). The first-order chi connectivity index (χ1) is 25.2. The number of nitrogens with one attached hydrogen (secondary N) is 2. The molecule has 3 aromatic heterocycles. The maximum Gasteiger partial charge on any atom is 0.270 e. The number of carbonyl (C=O) groups is 3. The second kappa shape index (κ2) is 14.3. The minimum atomic E-state index is -0.237. The van der Waals surface area contributed by atoms with E-state index in [9.17, 15) is 14.4 Å². The lowest BCUT2D eigenvalue weighted by molar-refractivity contribution is -0.134. The van der Waals surface area contributed by atoms with Crippen LogP contribution in [0, 0.1) is 5.41 Å². The van der Waals surface area contributed by atoms with Crippen molar-refractivity contribution in [3.63, 3.8) is 0 Å². The van der Waals surface area contributed by atoms with Crippen molar-refractivity contribution in [2.75, 3.05) is 50.5 Å². The van der Waals surface area contributed by atoms with Gasteiger partial charge in [0.05, 0.1) is 5.92 Å². The Kier molecular flexibility index (Phi) is 9.42. The number of hydrogen-bond acceptors (Lipinski definition) is 9. The molecule has 6 heterocycles. The standard InChI is InChI=1S/C40H49N9O3/c1-46(2)38(52)33-23-29-25-42-39(45-36(29)49(33)31-5-3-4-6-31)43-34-13-7-27(24-41-34)26-47-19-15-40(16-20-47)17-21-48(22-18-40)30-10-8-28(9-11-30)32-12-14-35(50)44-37(32)51/h7-11,13,23-25,31-32H,3-6,12,14-22,26H2,1-2H3,(H,44,50,51)(H,41,42,43,45)/t32-/m1/s1. The van der Waals surface area contributed by atoms with Gasteiger partial charge >= 0.3 is 0 Å². The van der Waals surface area contributed by atoms with Crippen LogP contribution in [-0.2, 0) is 16.1 Å². The van der Waals surface area contributed by atoms with E-state index in [-0.39, 0.29) is 29.7 Å². The Morgan fingerprint density at radius 1 is 0.923 bits per heavy atom. The van der Waals surface area contributed by atoms with Crippen molar-refractivity contribution in [1.29, 1.82) is 0 Å². The number of carbonyl (C=O) groups excluding carboxylic acids is 3. The van der Waals surface area contributed by atoms with Gasteiger partial charge in [-0.25, -0.2) is 9.97 Å². The number of imide groups is 1. The number of nitrogens with zero attached hydrogens (tertiary/aromatic N) is 7. The summed E-state index contributed by atoms with van der Waals surface area (Å²) in [6, 6.07) is 14.7. The third kappa shape index (κ3) is 7.00. The van der Waals surface area contributed by atoms with E-state index in [1.165, 1.54) is 36.9 Å². The van der Waals surface area contributed by atoms with E-state index >= 15 is 0 Å². The SMILES string of the molecule is CN(C)C(=O)c1cc2cnc(Nc3ccc(CN4CCC5(CC4)CCN(c4ccc([C@H]6CCC(=O)NC6=O)cc4)CC5)cn3)nc2n1C1CCCC1. The maximum absolute atomic E-state index is 13.1. The lowest BCUT2D eigenvalue weighted by atomic mass is 9.71. The monoisotopic (exact) mass is 703 g/mol. The normalized spacial score (nSPS) is 21.1. The number of fused-ring (bicyclic) bond motifs is 1. The van der Waals surface area contributed by atoms with Crippen LogP contribution >= 0.6 is 0 Å². The fourth-order valence-corrected chi connectivity index (χ4v) is 8.81. The van der Waals surface area contributed by atoms with Crippen LogP contribution in [0.25, 0.3) is 11.0 Å². The Hall–Kier alpha value is -4.84. The van der Waals surface area contributed by atoms with Gasteiger partial charge < -0.3 is 19.7 Å². The molecule has 12 nitrogen and oxygen atoms in total. The summed E-state index contributed by atoms with van der Waals surface area (Å²) in [5.74, 6) is 0.567. The number of benzene rings is 1. The molecule has 1 saturated carbocycles. The predicted molar refractivity (Wildman–Crippen MR) is 201 cm³/mol. The molecule has 3 aliphatic heterocycles. The van der Waals surface area contributed by atoms with Gasteiger partial charge in [0.15, 0.2) is 0 Å². The number of anilines is 3. The van der Waals surface area contributed by atoms with Gasteiger partial charge in [-0.3, -0.25) is 24.6 Å². The van der Waals surface area contributed by atoms with Crippen molar-refractivity contribution in [2.45, 2.75) is 82.7 Å². The first kappa shape index (κ1) is 34.3. The molecular formula is C40H49N9O3. The molecule has 0 bridgehead atoms. The summed E-state index contributed by atoms with van der Waals surface area (Å²) in [6.45, 7) is 5.17. The predicted octanol–water partition coefficient (Wildman–Crippen LogP) is 5.79. The molecule has 0 unspecified atom stereocenters. The highest BCUT2D eigenvalue weighted by atomic mass is 16.2. The topological polar surface area (TPSA) is 129 Å². The fraction of sp³-hybridized carbons (Fsp3) is 0.500. The van der Waals surface area contributed by atoms with E-state index in [1.807, 2.05) is 18.3 Å². The van der Waals surface area contributed by atoms with Crippen LogP contribution in [0.15, 0.2) is 54.9 Å². The van der Waals surface area contributed by atoms with Crippen molar-refractivity contribution in [3.05, 3.63) is 71.7 Å². The van der Waals surface area contributed by atoms with E-state index in [1.54, 1.807) is 25.2 Å². The van der Waals surface area contributed by atoms with Gasteiger partial charge in [-0.05, 0) is 98.8 Å². The molecule has 4 aliphatic rings. The van der Waals surface area contributed by atoms with Gasteiger partial charge in [0.2, 0.25) is 17.8 Å². The van der Waals surface area contributed by atoms with E-state index in [4.69, 9.17) is 9.97 Å². The molecule has 1 atom stereocenters. The van der Waals surface area contributed by atoms with Crippen LogP contribution in [0.3, 0.4) is 0 Å². The lowest BCUT2D eigenvalue weighted by Crippen LogP contribution is -2.46. The third-order valence-corrected chi connectivity index (χ3v) is 12.0. The molecule has 3 amide bonds. The highest BCUT2D eigenvalue weighted by Gasteiger charge is 2.38. The van der Waals surface area contributed by atoms with Gasteiger partial charge in [-0.1, -0.05) is 31.0 Å². The fourth-order valence-electron chi connectivity index (χ4n) is 8.81. The van der Waals surface area contributed by atoms with Gasteiger partial charge in [-0.2, -0.15) is 4.98 Å². The zero-order valence-electron chi connectivity index (χ0n) is 30.3. The van der Waals surface area contributed by atoms with E-state index in [2.05, 4.69) is 60.3 Å². The highest BCUT2D eigenvalue weighted by Crippen LogP contribution is 2.43. The van der Waals surface area contributed by atoms with Crippen LogP contribution in [0.2, 0.25) is 0 Å². The van der Waals surface area contributed by atoms with Crippen LogP contribution in [0.5, 0.6) is 0 Å². The number of hydrogen-bond donors (Lipinski definition) is 2. The molecule has 1 aromatic carbocycles. The molecule has 1 spiro atoms. The largest absolute Gasteiger partial charge is 0.371 e. The molecule has 4 fully saturated rings. The van der Waals surface area contributed by atoms with E-state index in [0.29, 0.717) is 35.7 Å². The van der Waals surface area contributed by atoms with Crippen LogP contribution in [0.4, 0.5) is 17.5 Å². The number of aromatic nitrogens is 4. The second-order valence-electron chi connectivity index (χ2n) is 15.5. The first-order valence-corrected chi connectivity index (χ1v) is 19.0. The summed E-state index contributed by atoms with van der Waals surface area (Å²) < 4.78 is 2.13.